The molecule has 2 N–H and O–H groups in total. The van der Waals surface area contributed by atoms with Gasteiger partial charge in [0.1, 0.15) is 17.4 Å². The highest BCUT2D eigenvalue weighted by molar-refractivity contribution is 7.95. The lowest BCUT2D eigenvalue weighted by Crippen LogP contribution is -3.00. The van der Waals surface area contributed by atoms with Gasteiger partial charge in [-0.2, -0.15) is 0 Å². The Hall–Kier alpha value is -0.960. The minimum absolute atomic E-state index is 0. The first-order valence-electron chi connectivity index (χ1n) is 8.53. The lowest BCUT2D eigenvalue weighted by atomic mass is 10.1. The molecule has 0 aromatic heterocycles. The van der Waals surface area contributed by atoms with Crippen molar-refractivity contribution in [3.8, 4) is 0 Å². The summed E-state index contributed by atoms with van der Waals surface area (Å²) >= 11 is 0. The van der Waals surface area contributed by atoms with Gasteiger partial charge in [0.2, 0.25) is 5.91 Å². The Morgan fingerprint density at radius 2 is 1.77 bits per heavy atom. The maximum atomic E-state index is 12.5. The second kappa shape index (κ2) is 12.4. The van der Waals surface area contributed by atoms with E-state index in [4.69, 9.17) is 4.74 Å². The molecule has 1 atom stereocenters. The van der Waals surface area contributed by atoms with Crippen LogP contribution in [-0.4, -0.2) is 48.5 Å². The Bertz CT molecular complexity index is 547. The third-order valence-electron chi connectivity index (χ3n) is 3.38. The van der Waals surface area contributed by atoms with Crippen LogP contribution in [0.4, 0.5) is 4.79 Å². The smallest absolute Gasteiger partial charge is 0.408 e. The summed E-state index contributed by atoms with van der Waals surface area (Å²) in [6.45, 7) is 5.95. The molecule has 2 amide bonds. The third kappa shape index (κ3) is 11.6. The van der Waals surface area contributed by atoms with E-state index in [1.807, 2.05) is 30.3 Å². The fourth-order valence-electron chi connectivity index (χ4n) is 2.17. The average Bonchev–Trinajstić information content (AvgIpc) is 2.50. The third-order valence-corrected chi connectivity index (χ3v) is 4.43. The number of hydrogen-bond donors (Lipinski definition) is 2. The summed E-state index contributed by atoms with van der Waals surface area (Å²) in [6.07, 6.45) is 5.06. The van der Waals surface area contributed by atoms with E-state index < -0.39 is 17.7 Å². The lowest BCUT2D eigenvalue weighted by Gasteiger charge is -2.23. The molecule has 0 heterocycles. The highest BCUT2D eigenvalue weighted by atomic mass is 127. The van der Waals surface area contributed by atoms with Gasteiger partial charge in [-0.3, -0.25) is 4.79 Å². The molecule has 0 saturated heterocycles. The summed E-state index contributed by atoms with van der Waals surface area (Å²) in [4.78, 5) is 24.5. The largest absolute Gasteiger partial charge is 1.00 e. The molecule has 1 aromatic rings. The summed E-state index contributed by atoms with van der Waals surface area (Å²) in [5.41, 5.74) is 0.584. The number of rotatable bonds is 8. The molecular weight excluding hydrogens is 463 g/mol. The van der Waals surface area contributed by atoms with Crippen molar-refractivity contribution in [2.24, 2.45) is 0 Å². The molecule has 1 aromatic carbocycles. The van der Waals surface area contributed by atoms with Crippen molar-refractivity contribution in [1.82, 2.24) is 10.6 Å². The van der Waals surface area contributed by atoms with Gasteiger partial charge in [0, 0.05) is 13.0 Å². The first-order valence-corrected chi connectivity index (χ1v) is 10.7. The van der Waals surface area contributed by atoms with Crippen LogP contribution in [0.25, 0.3) is 0 Å². The summed E-state index contributed by atoms with van der Waals surface area (Å²) < 4.78 is 5.27. The van der Waals surface area contributed by atoms with Crippen LogP contribution in [0.15, 0.2) is 30.3 Å². The average molecular weight is 494 g/mol. The van der Waals surface area contributed by atoms with Crippen molar-refractivity contribution in [3.63, 3.8) is 0 Å². The van der Waals surface area contributed by atoms with Gasteiger partial charge in [-0.05, 0) is 43.7 Å². The molecule has 1 rings (SSSR count). The number of hydrogen-bond acceptors (Lipinski definition) is 3. The van der Waals surface area contributed by atoms with Crippen molar-refractivity contribution >= 4 is 22.9 Å². The quantitative estimate of drug-likeness (QED) is 0.379. The molecule has 0 radical (unpaired) electrons. The molecule has 0 bridgehead atoms. The Balaban J connectivity index is 0.00000625. The van der Waals surface area contributed by atoms with E-state index in [9.17, 15) is 9.59 Å². The zero-order valence-electron chi connectivity index (χ0n) is 16.3. The molecule has 0 aliphatic rings. The van der Waals surface area contributed by atoms with Crippen LogP contribution in [0.3, 0.4) is 0 Å². The number of alkyl carbamates (subject to hydrolysis) is 1. The highest BCUT2D eigenvalue weighted by Gasteiger charge is 2.25. The molecule has 0 aliphatic heterocycles. The van der Waals surface area contributed by atoms with Gasteiger partial charge in [0.15, 0.2) is 0 Å². The maximum absolute atomic E-state index is 12.5. The van der Waals surface area contributed by atoms with Gasteiger partial charge < -0.3 is 39.3 Å². The predicted molar refractivity (Wildman–Crippen MR) is 105 cm³/mol. The fourth-order valence-corrected chi connectivity index (χ4v) is 2.88. The molecule has 5 nitrogen and oxygen atoms in total. The SMILES string of the molecule is C[S+](C)CC[C@@H](NC(=O)OC(C)(C)C)C(=O)NCCc1ccccc1.[I-]. The van der Waals surface area contributed by atoms with Gasteiger partial charge in [0.25, 0.3) is 0 Å². The molecule has 0 unspecified atom stereocenters. The molecular formula is C19H31IN2O3S. The van der Waals surface area contributed by atoms with Crippen LogP contribution in [0.1, 0.15) is 32.8 Å². The van der Waals surface area contributed by atoms with Crippen molar-refractivity contribution < 1.29 is 38.3 Å². The van der Waals surface area contributed by atoms with Crippen LogP contribution in [0.5, 0.6) is 0 Å². The molecule has 0 saturated carbocycles. The van der Waals surface area contributed by atoms with E-state index in [1.165, 1.54) is 5.56 Å². The molecule has 7 heteroatoms. The van der Waals surface area contributed by atoms with Crippen LogP contribution in [0, 0.1) is 0 Å². The van der Waals surface area contributed by atoms with E-state index in [0.29, 0.717) is 13.0 Å². The molecule has 148 valence electrons. The van der Waals surface area contributed by atoms with Crippen molar-refractivity contribution in [3.05, 3.63) is 35.9 Å². The minimum atomic E-state index is -0.585. The Morgan fingerprint density at radius 1 is 1.15 bits per heavy atom. The normalized spacial score (nSPS) is 12.1. The number of carbonyl (C=O) groups excluding carboxylic acids is 2. The van der Waals surface area contributed by atoms with Crippen LogP contribution in [-0.2, 0) is 26.8 Å². The first-order chi connectivity index (χ1) is 11.7. The second-order valence-corrected chi connectivity index (χ2v) is 9.58. The van der Waals surface area contributed by atoms with Crippen LogP contribution in [0.2, 0.25) is 0 Å². The molecule has 26 heavy (non-hydrogen) atoms. The Labute approximate surface area is 177 Å². The standard InChI is InChI=1S/C19H30N2O3S.HI/c1-19(2,3)24-18(23)21-16(12-14-25(4)5)17(22)20-13-11-15-9-7-6-8-10-15;/h6-10,16H,11-14H2,1-5H3,(H-,20,21,22,23);1H/t16-;/m1./s1. The van der Waals surface area contributed by atoms with Gasteiger partial charge in [0.05, 0.1) is 12.5 Å². The zero-order valence-corrected chi connectivity index (χ0v) is 19.3. The number of amides is 2. The van der Waals surface area contributed by atoms with E-state index in [2.05, 4.69) is 23.1 Å². The summed E-state index contributed by atoms with van der Waals surface area (Å²) in [5.74, 6) is 0.722. The highest BCUT2D eigenvalue weighted by Crippen LogP contribution is 2.08. The van der Waals surface area contributed by atoms with Crippen LogP contribution >= 0.6 is 0 Å². The number of benzene rings is 1. The molecule has 0 spiro atoms. The summed E-state index contributed by atoms with van der Waals surface area (Å²) in [5, 5.41) is 5.63. The first kappa shape index (κ1) is 25.0. The number of ether oxygens (including phenoxy) is 1. The van der Waals surface area contributed by atoms with Crippen molar-refractivity contribution in [2.45, 2.75) is 45.3 Å². The van der Waals surface area contributed by atoms with Crippen molar-refractivity contribution in [1.29, 1.82) is 0 Å². The zero-order chi connectivity index (χ0) is 18.9. The molecule has 0 aliphatic carbocycles. The van der Waals surface area contributed by atoms with Crippen LogP contribution < -0.4 is 34.6 Å². The minimum Gasteiger partial charge on any atom is -1.00 e. The van der Waals surface area contributed by atoms with Gasteiger partial charge in [-0.25, -0.2) is 4.79 Å². The monoisotopic (exact) mass is 494 g/mol. The van der Waals surface area contributed by atoms with E-state index in [1.54, 1.807) is 20.8 Å². The van der Waals surface area contributed by atoms with Gasteiger partial charge in [-0.1, -0.05) is 30.3 Å². The lowest BCUT2D eigenvalue weighted by molar-refractivity contribution is -0.123. The molecule has 0 fully saturated rings. The van der Waals surface area contributed by atoms with E-state index >= 15 is 0 Å². The number of carbonyl (C=O) groups is 2. The Morgan fingerprint density at radius 3 is 2.31 bits per heavy atom. The topological polar surface area (TPSA) is 67.4 Å². The van der Waals surface area contributed by atoms with Crippen molar-refractivity contribution in [2.75, 3.05) is 24.8 Å². The number of nitrogens with one attached hydrogen (secondary N) is 2. The van der Waals surface area contributed by atoms with Gasteiger partial charge >= 0.3 is 6.09 Å². The maximum Gasteiger partial charge on any atom is 0.408 e. The predicted octanol–water partition coefficient (Wildman–Crippen LogP) is -0.489. The number of halogens is 1. The van der Waals surface area contributed by atoms with E-state index in [0.717, 1.165) is 12.2 Å². The Kier molecular flexibility index (Phi) is 12.0. The summed E-state index contributed by atoms with van der Waals surface area (Å²) in [6, 6.07) is 9.42. The second-order valence-electron chi connectivity index (χ2n) is 7.20. The summed E-state index contributed by atoms with van der Waals surface area (Å²) in [7, 11) is 0.206. The fraction of sp³-hybridized carbons (Fsp3) is 0.579. The van der Waals surface area contributed by atoms with Gasteiger partial charge in [-0.15, -0.1) is 0 Å². The van der Waals surface area contributed by atoms with E-state index in [-0.39, 0.29) is 40.8 Å².